The van der Waals surface area contributed by atoms with Crippen molar-refractivity contribution in [3.05, 3.63) is 133 Å². The summed E-state index contributed by atoms with van der Waals surface area (Å²) in [5.74, 6) is 0. The summed E-state index contributed by atoms with van der Waals surface area (Å²) < 4.78 is 7.62. The van der Waals surface area contributed by atoms with Gasteiger partial charge in [0.05, 0.1) is 0 Å². The SMILES string of the molecule is Cc1ccc(N(Cn2cccn2)Cn2cccn2)cc1.Cc1ccc(N(Cn2cccn2)Cn2cccn2)cc1.[Br][Cd][Br].[Br][Cd][Br]. The summed E-state index contributed by atoms with van der Waals surface area (Å²) >= 11 is 12.3. The van der Waals surface area contributed by atoms with Crippen LogP contribution in [0.3, 0.4) is 0 Å². The number of hydrogen-bond acceptors (Lipinski definition) is 6. The van der Waals surface area contributed by atoms with Crippen LogP contribution in [0.4, 0.5) is 11.4 Å². The van der Waals surface area contributed by atoms with Gasteiger partial charge in [-0.2, -0.15) is 20.4 Å². The molecule has 0 saturated carbocycles. The number of benzene rings is 2. The van der Waals surface area contributed by atoms with Crippen LogP contribution in [0.1, 0.15) is 11.1 Å². The standard InChI is InChI=1S/2C15H17N5.4BrH.2Cd/c2*1-14-4-6-15(7-5-14)18(12-19-10-2-8-16-19)13-20-11-3-9-17-20;;;;;;/h2*2-11H,12-13H2,1H3;4*1H;;/q;;;;;;2*+2/p-4. The Hall–Kier alpha value is -1.36. The van der Waals surface area contributed by atoms with E-state index >= 15 is 0 Å². The Balaban J connectivity index is 0.000000214. The molecule has 0 amide bonds. The summed E-state index contributed by atoms with van der Waals surface area (Å²) in [6.45, 7) is 6.95. The first-order chi connectivity index (χ1) is 22.4. The van der Waals surface area contributed by atoms with Gasteiger partial charge in [-0.1, -0.05) is 35.4 Å². The fraction of sp³-hybridized carbons (Fsp3) is 0.200. The monoisotopic (exact) mass is 1080 g/mol. The van der Waals surface area contributed by atoms with Crippen molar-refractivity contribution in [1.29, 1.82) is 0 Å². The van der Waals surface area contributed by atoms with Crippen molar-refractivity contribution in [1.82, 2.24) is 39.1 Å². The molecule has 0 saturated heterocycles. The van der Waals surface area contributed by atoms with Gasteiger partial charge in [0.15, 0.2) is 0 Å². The number of aryl methyl sites for hydroxylation is 2. The van der Waals surface area contributed by atoms with Crippen LogP contribution in [0, 0.1) is 13.8 Å². The summed E-state index contributed by atoms with van der Waals surface area (Å²) in [5.41, 5.74) is 4.82. The molecule has 10 nitrogen and oxygen atoms in total. The van der Waals surface area contributed by atoms with Crippen LogP contribution in [-0.4, -0.2) is 39.1 Å². The molecule has 0 aliphatic carbocycles. The van der Waals surface area contributed by atoms with E-state index in [9.17, 15) is 0 Å². The summed E-state index contributed by atoms with van der Waals surface area (Å²) in [6.07, 6.45) is 15.0. The van der Waals surface area contributed by atoms with Crippen molar-refractivity contribution < 1.29 is 38.8 Å². The predicted molar refractivity (Wildman–Crippen MR) is 192 cm³/mol. The number of rotatable bonds is 10. The summed E-state index contributed by atoms with van der Waals surface area (Å²) in [5, 5.41) is 17.1. The molecule has 16 heteroatoms. The zero-order chi connectivity index (χ0) is 33.0. The fourth-order valence-electron chi connectivity index (χ4n) is 4.16. The molecule has 236 valence electrons. The Bertz CT molecular complexity index is 1360. The van der Waals surface area contributed by atoms with Gasteiger partial charge >= 0.3 is 86.8 Å². The molecule has 6 rings (SSSR count). The van der Waals surface area contributed by atoms with Crippen molar-refractivity contribution >= 4 is 59.3 Å². The Kier molecular flexibility index (Phi) is 19.6. The maximum absolute atomic E-state index is 4.27. The predicted octanol–water partition coefficient (Wildman–Crippen LogP) is 8.40. The van der Waals surface area contributed by atoms with Crippen LogP contribution < -0.4 is 9.80 Å². The van der Waals surface area contributed by atoms with Gasteiger partial charge in [-0.05, 0) is 62.4 Å². The zero-order valence-electron chi connectivity index (χ0n) is 25.8. The first-order valence-electron chi connectivity index (χ1n) is 14.2. The maximum atomic E-state index is 4.27. The van der Waals surface area contributed by atoms with E-state index in [0.29, 0.717) is 26.7 Å². The van der Waals surface area contributed by atoms with Gasteiger partial charge in [0.2, 0.25) is 0 Å². The molecule has 0 fully saturated rings. The Morgan fingerprint density at radius 3 is 0.913 bits per heavy atom. The minimum absolute atomic E-state index is 0.385. The molecule has 0 unspecified atom stereocenters. The Labute approximate surface area is 317 Å². The van der Waals surface area contributed by atoms with E-state index in [4.69, 9.17) is 0 Å². The van der Waals surface area contributed by atoms with Gasteiger partial charge < -0.3 is 9.80 Å². The second-order valence-corrected chi connectivity index (χ2v) is 46.1. The molecule has 0 N–H and O–H groups in total. The number of aromatic nitrogens is 8. The quantitative estimate of drug-likeness (QED) is 0.129. The zero-order valence-corrected chi connectivity index (χ0v) is 40.2. The van der Waals surface area contributed by atoms with Gasteiger partial charge in [-0.15, -0.1) is 0 Å². The van der Waals surface area contributed by atoms with Crippen molar-refractivity contribution in [3.63, 3.8) is 0 Å². The van der Waals surface area contributed by atoms with E-state index in [1.165, 1.54) is 11.1 Å². The summed E-state index contributed by atoms with van der Waals surface area (Å²) in [4.78, 5) is 4.44. The fourth-order valence-corrected chi connectivity index (χ4v) is 4.16. The van der Waals surface area contributed by atoms with E-state index in [2.05, 4.69) is 141 Å². The molecule has 0 spiro atoms. The second kappa shape index (κ2) is 23.1. The number of hydrogen-bond donors (Lipinski definition) is 0. The molecule has 46 heavy (non-hydrogen) atoms. The van der Waals surface area contributed by atoms with Crippen LogP contribution in [0.25, 0.3) is 0 Å². The first-order valence-corrected chi connectivity index (χ1v) is 50.4. The minimum atomic E-state index is -0.385. The average molecular weight is 1080 g/mol. The number of nitrogens with zero attached hydrogens (tertiary/aromatic N) is 10. The Morgan fingerprint density at radius 1 is 0.478 bits per heavy atom. The normalized spacial score (nSPS) is 9.70. The molecule has 4 heterocycles. The van der Waals surface area contributed by atoms with Crippen LogP contribution >= 0.6 is 47.9 Å². The third-order valence-corrected chi connectivity index (χ3v) is 6.30. The van der Waals surface area contributed by atoms with Gasteiger partial charge in [-0.25, -0.2) is 0 Å². The van der Waals surface area contributed by atoms with Crippen molar-refractivity contribution in [2.24, 2.45) is 0 Å². The van der Waals surface area contributed by atoms with Gasteiger partial charge in [0, 0.05) is 60.9 Å². The molecule has 6 aromatic rings. The van der Waals surface area contributed by atoms with Gasteiger partial charge in [0.1, 0.15) is 26.7 Å². The van der Waals surface area contributed by atoms with Crippen molar-refractivity contribution in [3.8, 4) is 0 Å². The van der Waals surface area contributed by atoms with E-state index in [1.54, 1.807) is 24.8 Å². The van der Waals surface area contributed by atoms with Crippen LogP contribution in [0.2, 0.25) is 0 Å². The molecule has 0 aliphatic rings. The molecule has 0 bridgehead atoms. The van der Waals surface area contributed by atoms with Crippen LogP contribution in [0.15, 0.2) is 122 Å². The van der Waals surface area contributed by atoms with Gasteiger partial charge in [0.25, 0.3) is 0 Å². The molecule has 0 aliphatic heterocycles. The van der Waals surface area contributed by atoms with Crippen molar-refractivity contribution in [2.45, 2.75) is 40.5 Å². The summed E-state index contributed by atoms with van der Waals surface area (Å²) in [6, 6.07) is 24.7. The molecular formula is C30H34Br4Cd2N10. The van der Waals surface area contributed by atoms with E-state index in [-0.39, 0.29) is 38.8 Å². The third kappa shape index (κ3) is 14.8. The molecule has 0 radical (unpaired) electrons. The number of halogens is 4. The first kappa shape index (κ1) is 39.1. The van der Waals surface area contributed by atoms with Crippen molar-refractivity contribution in [2.75, 3.05) is 9.80 Å². The third-order valence-electron chi connectivity index (χ3n) is 6.30. The number of anilines is 2. The molecular weight excluding hydrogens is 1040 g/mol. The van der Waals surface area contributed by atoms with Crippen LogP contribution in [0.5, 0.6) is 0 Å². The van der Waals surface area contributed by atoms with E-state index < -0.39 is 0 Å². The topological polar surface area (TPSA) is 77.8 Å². The molecule has 2 aromatic carbocycles. The molecule has 4 aromatic heterocycles. The van der Waals surface area contributed by atoms with Crippen LogP contribution in [-0.2, 0) is 65.5 Å². The average Bonchev–Trinajstić information content (AvgIpc) is 3.89. The van der Waals surface area contributed by atoms with E-state index in [1.807, 2.05) is 67.8 Å². The Morgan fingerprint density at radius 2 is 0.717 bits per heavy atom. The second-order valence-electron chi connectivity index (χ2n) is 9.70. The van der Waals surface area contributed by atoms with E-state index in [0.717, 1.165) is 11.4 Å². The summed E-state index contributed by atoms with van der Waals surface area (Å²) in [7, 11) is 0. The van der Waals surface area contributed by atoms with Gasteiger partial charge in [-0.3, -0.25) is 18.7 Å². The molecule has 0 atom stereocenters.